The molecule has 0 heterocycles. The highest BCUT2D eigenvalue weighted by Gasteiger charge is 2.08. The molecule has 0 spiro atoms. The van der Waals surface area contributed by atoms with Crippen LogP contribution in [-0.4, -0.2) is 32.1 Å². The molecule has 0 radical (unpaired) electrons. The van der Waals surface area contributed by atoms with E-state index in [0.29, 0.717) is 11.6 Å². The summed E-state index contributed by atoms with van der Waals surface area (Å²) in [6.45, 7) is 3.44. The largest absolute Gasteiger partial charge is 0.492 e. The van der Waals surface area contributed by atoms with Gasteiger partial charge in [0.05, 0.1) is 0 Å². The average Bonchev–Trinajstić information content (AvgIpc) is 2.19. The third-order valence-corrected chi connectivity index (χ3v) is 2.49. The van der Waals surface area contributed by atoms with E-state index < -0.39 is 0 Å². The van der Waals surface area contributed by atoms with E-state index in [0.717, 1.165) is 17.9 Å². The van der Waals surface area contributed by atoms with E-state index in [2.05, 4.69) is 4.90 Å². The molecule has 90 valence electrons. The zero-order chi connectivity index (χ0) is 12.1. The summed E-state index contributed by atoms with van der Waals surface area (Å²) in [5, 5.41) is 0.687. The molecule has 0 saturated carbocycles. The quantitative estimate of drug-likeness (QED) is 0.861. The molecule has 4 heteroatoms. The summed E-state index contributed by atoms with van der Waals surface area (Å²) in [6, 6.07) is 5.47. The van der Waals surface area contributed by atoms with Crippen LogP contribution in [0.25, 0.3) is 0 Å². The first-order valence-corrected chi connectivity index (χ1v) is 5.71. The summed E-state index contributed by atoms with van der Waals surface area (Å²) in [7, 11) is 4.02. The Morgan fingerprint density at radius 2 is 2.12 bits per heavy atom. The van der Waals surface area contributed by atoms with Gasteiger partial charge in [-0.1, -0.05) is 11.6 Å². The van der Waals surface area contributed by atoms with E-state index in [4.69, 9.17) is 22.1 Å². The monoisotopic (exact) mass is 242 g/mol. The van der Waals surface area contributed by atoms with Crippen molar-refractivity contribution in [2.45, 2.75) is 13.0 Å². The second-order valence-corrected chi connectivity index (χ2v) is 4.56. The van der Waals surface area contributed by atoms with E-state index in [-0.39, 0.29) is 6.04 Å². The van der Waals surface area contributed by atoms with Crippen LogP contribution >= 0.6 is 11.6 Å². The molecule has 0 amide bonds. The van der Waals surface area contributed by atoms with Crippen molar-refractivity contribution in [2.24, 2.45) is 5.73 Å². The number of halogens is 1. The Labute approximate surface area is 102 Å². The number of likely N-dealkylation sites (N-methyl/N-ethyl adjacent to an activating group) is 1. The Balaban J connectivity index is 2.71. The Morgan fingerprint density at radius 3 is 2.69 bits per heavy atom. The fourth-order valence-electron chi connectivity index (χ4n) is 1.34. The maximum atomic E-state index is 5.93. The van der Waals surface area contributed by atoms with Crippen LogP contribution in [0.3, 0.4) is 0 Å². The van der Waals surface area contributed by atoms with Gasteiger partial charge in [-0.2, -0.15) is 0 Å². The summed E-state index contributed by atoms with van der Waals surface area (Å²) in [4.78, 5) is 2.07. The number of nitrogens with two attached hydrogens (primary N) is 1. The minimum Gasteiger partial charge on any atom is -0.492 e. The summed E-state index contributed by atoms with van der Waals surface area (Å²) in [5.74, 6) is 0.821. The first-order valence-electron chi connectivity index (χ1n) is 5.33. The van der Waals surface area contributed by atoms with Crippen molar-refractivity contribution in [3.63, 3.8) is 0 Å². The standard InChI is InChI=1S/C12H19ClN2O/c1-9(14)11-8-10(13)4-5-12(11)16-7-6-15(2)3/h4-5,8-9H,6-7,14H2,1-3H3/t9-/m1/s1. The molecule has 1 aromatic carbocycles. The summed E-state index contributed by atoms with van der Waals surface area (Å²) >= 11 is 5.93. The van der Waals surface area contributed by atoms with Gasteiger partial charge in [-0.3, -0.25) is 0 Å². The maximum absolute atomic E-state index is 5.93. The van der Waals surface area contributed by atoms with E-state index in [1.54, 1.807) is 0 Å². The van der Waals surface area contributed by atoms with Crippen molar-refractivity contribution in [1.29, 1.82) is 0 Å². The van der Waals surface area contributed by atoms with Crippen molar-refractivity contribution in [1.82, 2.24) is 4.90 Å². The van der Waals surface area contributed by atoms with Crippen LogP contribution in [0.4, 0.5) is 0 Å². The van der Waals surface area contributed by atoms with Crippen LogP contribution in [0.1, 0.15) is 18.5 Å². The number of hydrogen-bond donors (Lipinski definition) is 1. The SMILES string of the molecule is C[C@@H](N)c1cc(Cl)ccc1OCCN(C)C. The lowest BCUT2D eigenvalue weighted by Crippen LogP contribution is -2.20. The van der Waals surface area contributed by atoms with E-state index in [1.165, 1.54) is 0 Å². The predicted octanol–water partition coefficient (Wildman–Crippen LogP) is 2.30. The highest BCUT2D eigenvalue weighted by molar-refractivity contribution is 6.30. The first kappa shape index (κ1) is 13.3. The maximum Gasteiger partial charge on any atom is 0.124 e. The second-order valence-electron chi connectivity index (χ2n) is 4.12. The average molecular weight is 243 g/mol. The van der Waals surface area contributed by atoms with E-state index >= 15 is 0 Å². The molecule has 0 aliphatic rings. The fourth-order valence-corrected chi connectivity index (χ4v) is 1.53. The molecule has 0 aliphatic heterocycles. The van der Waals surface area contributed by atoms with Crippen LogP contribution in [0, 0.1) is 0 Å². The Hall–Kier alpha value is -0.770. The molecule has 1 atom stereocenters. The van der Waals surface area contributed by atoms with Gasteiger partial charge in [0.2, 0.25) is 0 Å². The zero-order valence-electron chi connectivity index (χ0n) is 10.0. The molecule has 16 heavy (non-hydrogen) atoms. The Morgan fingerprint density at radius 1 is 1.44 bits per heavy atom. The lowest BCUT2D eigenvalue weighted by molar-refractivity contribution is 0.259. The third-order valence-electron chi connectivity index (χ3n) is 2.26. The normalized spacial score (nSPS) is 12.9. The lowest BCUT2D eigenvalue weighted by atomic mass is 10.1. The molecule has 0 saturated heterocycles. The summed E-state index contributed by atoms with van der Waals surface area (Å²) < 4.78 is 5.68. The number of nitrogens with zero attached hydrogens (tertiary/aromatic N) is 1. The molecular weight excluding hydrogens is 224 g/mol. The molecule has 0 unspecified atom stereocenters. The van der Waals surface area contributed by atoms with Crippen LogP contribution in [0.5, 0.6) is 5.75 Å². The zero-order valence-corrected chi connectivity index (χ0v) is 10.8. The van der Waals surface area contributed by atoms with Crippen molar-refractivity contribution in [2.75, 3.05) is 27.2 Å². The molecule has 2 N–H and O–H groups in total. The Kier molecular flexibility index (Phi) is 5.06. The van der Waals surface area contributed by atoms with E-state index in [1.807, 2.05) is 39.2 Å². The molecule has 1 aromatic rings. The van der Waals surface area contributed by atoms with Crippen LogP contribution < -0.4 is 10.5 Å². The molecular formula is C12H19ClN2O. The smallest absolute Gasteiger partial charge is 0.124 e. The number of benzene rings is 1. The first-order chi connectivity index (χ1) is 7.50. The number of rotatable bonds is 5. The minimum absolute atomic E-state index is 0.0759. The third kappa shape index (κ3) is 4.00. The topological polar surface area (TPSA) is 38.5 Å². The van der Waals surface area contributed by atoms with E-state index in [9.17, 15) is 0 Å². The second kappa shape index (κ2) is 6.09. The molecule has 0 fully saturated rings. The van der Waals surface area contributed by atoms with Crippen molar-refractivity contribution >= 4 is 11.6 Å². The molecule has 1 rings (SSSR count). The Bertz CT molecular complexity index is 340. The summed E-state index contributed by atoms with van der Waals surface area (Å²) in [6.07, 6.45) is 0. The van der Waals surface area contributed by atoms with Gasteiger partial charge in [-0.25, -0.2) is 0 Å². The molecule has 0 aliphatic carbocycles. The highest BCUT2D eigenvalue weighted by atomic mass is 35.5. The van der Waals surface area contributed by atoms with Crippen molar-refractivity contribution < 1.29 is 4.74 Å². The van der Waals surface area contributed by atoms with Gasteiger partial charge in [0.25, 0.3) is 0 Å². The molecule has 0 aromatic heterocycles. The van der Waals surface area contributed by atoms with Gasteiger partial charge in [0.1, 0.15) is 12.4 Å². The van der Waals surface area contributed by atoms with Crippen molar-refractivity contribution in [3.8, 4) is 5.75 Å². The van der Waals surface area contributed by atoms with Gasteiger partial charge in [0, 0.05) is 23.2 Å². The molecule has 0 bridgehead atoms. The number of ether oxygens (including phenoxy) is 1. The van der Waals surface area contributed by atoms with Crippen LogP contribution in [0.15, 0.2) is 18.2 Å². The minimum atomic E-state index is -0.0759. The molecule has 3 nitrogen and oxygen atoms in total. The van der Waals surface area contributed by atoms with Gasteiger partial charge in [-0.15, -0.1) is 0 Å². The predicted molar refractivity (Wildman–Crippen MR) is 68.1 cm³/mol. The van der Waals surface area contributed by atoms with Gasteiger partial charge in [0.15, 0.2) is 0 Å². The van der Waals surface area contributed by atoms with Crippen molar-refractivity contribution in [3.05, 3.63) is 28.8 Å². The highest BCUT2D eigenvalue weighted by Crippen LogP contribution is 2.27. The van der Waals surface area contributed by atoms with Gasteiger partial charge < -0.3 is 15.4 Å². The van der Waals surface area contributed by atoms with Crippen LogP contribution in [0.2, 0.25) is 5.02 Å². The fraction of sp³-hybridized carbons (Fsp3) is 0.500. The van der Waals surface area contributed by atoms with Gasteiger partial charge >= 0.3 is 0 Å². The summed E-state index contributed by atoms with van der Waals surface area (Å²) in [5.41, 5.74) is 6.82. The number of hydrogen-bond acceptors (Lipinski definition) is 3. The lowest BCUT2D eigenvalue weighted by Gasteiger charge is -2.16. The van der Waals surface area contributed by atoms with Gasteiger partial charge in [-0.05, 0) is 39.2 Å². The van der Waals surface area contributed by atoms with Crippen LogP contribution in [-0.2, 0) is 0 Å².